The van der Waals surface area contributed by atoms with Crippen LogP contribution in [-0.4, -0.2) is 60.2 Å². The monoisotopic (exact) mass is 467 g/mol. The van der Waals surface area contributed by atoms with E-state index in [9.17, 15) is 14.4 Å². The number of hydrogen-bond acceptors (Lipinski definition) is 4. The van der Waals surface area contributed by atoms with Gasteiger partial charge in [-0.25, -0.2) is 0 Å². The average Bonchev–Trinajstić information content (AvgIpc) is 3.23. The molecule has 1 aromatic heterocycles. The third-order valence-corrected chi connectivity index (χ3v) is 6.65. The summed E-state index contributed by atoms with van der Waals surface area (Å²) in [6, 6.07) is 8.36. The van der Waals surface area contributed by atoms with E-state index < -0.39 is 6.04 Å². The molecule has 1 aliphatic heterocycles. The fraction of sp³-hybridized carbons (Fsp3) is 0.381. The molecule has 160 valence electrons. The van der Waals surface area contributed by atoms with Crippen molar-refractivity contribution in [3.8, 4) is 0 Å². The normalized spacial score (nSPS) is 16.8. The lowest BCUT2D eigenvalue weighted by Crippen LogP contribution is -2.61. The van der Waals surface area contributed by atoms with Crippen LogP contribution in [0.2, 0.25) is 10.0 Å². The molecule has 0 aliphatic carbocycles. The van der Waals surface area contributed by atoms with Gasteiger partial charge in [0.05, 0.1) is 13.0 Å². The van der Waals surface area contributed by atoms with Gasteiger partial charge < -0.3 is 15.1 Å². The molecule has 6 nitrogen and oxygen atoms in total. The Morgan fingerprint density at radius 2 is 2.00 bits per heavy atom. The second-order valence-corrected chi connectivity index (χ2v) is 8.93. The van der Waals surface area contributed by atoms with E-state index in [1.807, 2.05) is 23.6 Å². The highest BCUT2D eigenvalue weighted by Crippen LogP contribution is 2.23. The third kappa shape index (κ3) is 5.53. The molecule has 1 saturated heterocycles. The number of nitrogens with zero attached hydrogens (tertiary/aromatic N) is 2. The lowest BCUT2D eigenvalue weighted by molar-refractivity contribution is -0.157. The van der Waals surface area contributed by atoms with Crippen LogP contribution in [0.5, 0.6) is 0 Å². The summed E-state index contributed by atoms with van der Waals surface area (Å²) in [5.41, 5.74) is 0.851. The molecule has 1 aromatic carbocycles. The summed E-state index contributed by atoms with van der Waals surface area (Å²) in [7, 11) is 1.52. The Hall–Kier alpha value is -2.09. The summed E-state index contributed by atoms with van der Waals surface area (Å²) in [5.74, 6) is -0.637. The van der Waals surface area contributed by atoms with E-state index in [1.165, 1.54) is 11.9 Å². The van der Waals surface area contributed by atoms with Gasteiger partial charge >= 0.3 is 0 Å². The zero-order valence-electron chi connectivity index (χ0n) is 16.6. The number of halogens is 2. The van der Waals surface area contributed by atoms with Crippen LogP contribution in [-0.2, 0) is 27.2 Å². The molecule has 0 radical (unpaired) electrons. The molecule has 9 heteroatoms. The van der Waals surface area contributed by atoms with Gasteiger partial charge in [0, 0.05) is 35.1 Å². The van der Waals surface area contributed by atoms with Crippen molar-refractivity contribution in [2.24, 2.45) is 0 Å². The largest absolute Gasteiger partial charge is 0.359 e. The number of piperazine rings is 1. The van der Waals surface area contributed by atoms with Crippen molar-refractivity contribution in [2.75, 3.05) is 26.7 Å². The fourth-order valence-corrected chi connectivity index (χ4v) is 4.66. The zero-order valence-corrected chi connectivity index (χ0v) is 18.9. The molecule has 3 amide bonds. The topological polar surface area (TPSA) is 69.7 Å². The molecule has 1 atom stereocenters. The standard InChI is InChI=1S/C21H23Cl2N3O3S/c1-24-19(27)12-18-21(29)25(8-6-14-4-5-15(22)11-17(14)23)13-20(28)26(18)9-7-16-3-2-10-30-16/h2-5,10-11,18H,6-9,12-13H2,1H3,(H,24,27). The van der Waals surface area contributed by atoms with Crippen molar-refractivity contribution >= 4 is 52.3 Å². The van der Waals surface area contributed by atoms with Gasteiger partial charge in [0.2, 0.25) is 17.7 Å². The number of benzene rings is 1. The first-order chi connectivity index (χ1) is 14.4. The number of thiophene rings is 1. The summed E-state index contributed by atoms with van der Waals surface area (Å²) in [6.45, 7) is 0.747. The Morgan fingerprint density at radius 1 is 1.20 bits per heavy atom. The lowest BCUT2D eigenvalue weighted by atomic mass is 10.0. The predicted octanol–water partition coefficient (Wildman–Crippen LogP) is 3.02. The predicted molar refractivity (Wildman–Crippen MR) is 119 cm³/mol. The van der Waals surface area contributed by atoms with Gasteiger partial charge in [-0.05, 0) is 42.0 Å². The number of carbonyl (C=O) groups excluding carboxylic acids is 3. The SMILES string of the molecule is CNC(=O)CC1C(=O)N(CCc2ccc(Cl)cc2Cl)CC(=O)N1CCc1cccs1. The van der Waals surface area contributed by atoms with Crippen molar-refractivity contribution in [3.63, 3.8) is 0 Å². The van der Waals surface area contributed by atoms with E-state index in [1.54, 1.807) is 28.4 Å². The first-order valence-electron chi connectivity index (χ1n) is 9.64. The van der Waals surface area contributed by atoms with Gasteiger partial charge in [-0.3, -0.25) is 14.4 Å². The van der Waals surface area contributed by atoms with Gasteiger partial charge in [0.15, 0.2) is 0 Å². The second kappa shape index (κ2) is 10.3. The minimum Gasteiger partial charge on any atom is -0.359 e. The molecule has 1 N–H and O–H groups in total. The van der Waals surface area contributed by atoms with Crippen LogP contribution in [0.4, 0.5) is 0 Å². The number of amides is 3. The average molecular weight is 468 g/mol. The minimum atomic E-state index is -0.799. The van der Waals surface area contributed by atoms with Crippen molar-refractivity contribution in [3.05, 3.63) is 56.2 Å². The van der Waals surface area contributed by atoms with E-state index in [4.69, 9.17) is 23.2 Å². The van der Waals surface area contributed by atoms with Gasteiger partial charge in [-0.2, -0.15) is 0 Å². The molecule has 2 aromatic rings. The van der Waals surface area contributed by atoms with Crippen LogP contribution < -0.4 is 5.32 Å². The second-order valence-electron chi connectivity index (χ2n) is 7.06. The van der Waals surface area contributed by atoms with Gasteiger partial charge in [0.25, 0.3) is 0 Å². The molecule has 0 saturated carbocycles. The Kier molecular flexibility index (Phi) is 7.75. The number of hydrogen-bond donors (Lipinski definition) is 1. The van der Waals surface area contributed by atoms with Crippen molar-refractivity contribution in [1.82, 2.24) is 15.1 Å². The summed E-state index contributed by atoms with van der Waals surface area (Å²) in [4.78, 5) is 42.2. The molecule has 1 fully saturated rings. The van der Waals surface area contributed by atoms with Crippen LogP contribution in [0.3, 0.4) is 0 Å². The Labute approximate surface area is 189 Å². The number of nitrogens with one attached hydrogen (secondary N) is 1. The molecule has 2 heterocycles. The first-order valence-corrected chi connectivity index (χ1v) is 11.3. The maximum Gasteiger partial charge on any atom is 0.246 e. The van der Waals surface area contributed by atoms with Crippen LogP contribution in [0.15, 0.2) is 35.7 Å². The number of rotatable bonds is 8. The highest BCUT2D eigenvalue weighted by molar-refractivity contribution is 7.09. The van der Waals surface area contributed by atoms with Crippen LogP contribution >= 0.6 is 34.5 Å². The smallest absolute Gasteiger partial charge is 0.246 e. The Bertz CT molecular complexity index is 920. The van der Waals surface area contributed by atoms with E-state index in [2.05, 4.69) is 5.32 Å². The minimum absolute atomic E-state index is 0.00126. The maximum absolute atomic E-state index is 13.2. The Balaban J connectivity index is 1.71. The molecule has 0 spiro atoms. The molecule has 30 heavy (non-hydrogen) atoms. The third-order valence-electron chi connectivity index (χ3n) is 5.12. The molecular weight excluding hydrogens is 445 g/mol. The van der Waals surface area contributed by atoms with E-state index in [0.717, 1.165) is 10.4 Å². The molecule has 3 rings (SSSR count). The maximum atomic E-state index is 13.2. The summed E-state index contributed by atoms with van der Waals surface area (Å²) < 4.78 is 0. The van der Waals surface area contributed by atoms with Crippen molar-refractivity contribution in [2.45, 2.75) is 25.3 Å². The summed E-state index contributed by atoms with van der Waals surface area (Å²) in [6.07, 6.45) is 1.10. The molecule has 1 unspecified atom stereocenters. The van der Waals surface area contributed by atoms with E-state index >= 15 is 0 Å². The summed E-state index contributed by atoms with van der Waals surface area (Å²) in [5, 5.41) is 5.59. The van der Waals surface area contributed by atoms with Crippen molar-refractivity contribution < 1.29 is 14.4 Å². The van der Waals surface area contributed by atoms with Crippen LogP contribution in [0.1, 0.15) is 16.9 Å². The lowest BCUT2D eigenvalue weighted by Gasteiger charge is -2.40. The van der Waals surface area contributed by atoms with Gasteiger partial charge in [-0.1, -0.05) is 35.3 Å². The van der Waals surface area contributed by atoms with Crippen LogP contribution in [0, 0.1) is 0 Å². The fourth-order valence-electron chi connectivity index (χ4n) is 3.46. The van der Waals surface area contributed by atoms with E-state index in [-0.39, 0.29) is 30.7 Å². The molecular formula is C21H23Cl2N3O3S. The molecule has 0 bridgehead atoms. The highest BCUT2D eigenvalue weighted by atomic mass is 35.5. The summed E-state index contributed by atoms with van der Waals surface area (Å²) >= 11 is 13.8. The van der Waals surface area contributed by atoms with Gasteiger partial charge in [-0.15, -0.1) is 11.3 Å². The molecule has 1 aliphatic rings. The Morgan fingerprint density at radius 3 is 2.67 bits per heavy atom. The highest BCUT2D eigenvalue weighted by Gasteiger charge is 2.39. The van der Waals surface area contributed by atoms with Crippen LogP contribution in [0.25, 0.3) is 0 Å². The first kappa shape index (κ1) is 22.6. The quantitative estimate of drug-likeness (QED) is 0.648. The number of carbonyl (C=O) groups is 3. The van der Waals surface area contributed by atoms with E-state index in [0.29, 0.717) is 36.0 Å². The zero-order chi connectivity index (χ0) is 21.7. The van der Waals surface area contributed by atoms with Crippen molar-refractivity contribution in [1.29, 1.82) is 0 Å². The van der Waals surface area contributed by atoms with Gasteiger partial charge in [0.1, 0.15) is 6.04 Å².